The highest BCUT2D eigenvalue weighted by molar-refractivity contribution is 5.76. The normalized spacial score (nSPS) is 24.6. The van der Waals surface area contributed by atoms with Crippen molar-refractivity contribution in [3.63, 3.8) is 0 Å². The lowest BCUT2D eigenvalue weighted by Crippen LogP contribution is -2.42. The van der Waals surface area contributed by atoms with Crippen molar-refractivity contribution in [3.8, 4) is 0 Å². The molecule has 0 unspecified atom stereocenters. The van der Waals surface area contributed by atoms with Crippen LogP contribution in [0.5, 0.6) is 0 Å². The molecule has 2 aromatic rings. The van der Waals surface area contributed by atoms with Crippen molar-refractivity contribution < 1.29 is 14.1 Å². The number of nitrogens with zero attached hydrogens (tertiary/aromatic N) is 4. The molecule has 1 N–H and O–H groups in total. The first kappa shape index (κ1) is 20.1. The fourth-order valence-corrected chi connectivity index (χ4v) is 4.65. The van der Waals surface area contributed by atoms with E-state index in [1.54, 1.807) is 6.33 Å². The smallest absolute Gasteiger partial charge is 0.222 e. The minimum Gasteiger partial charge on any atom is -0.377 e. The average molecular weight is 402 g/mol. The molecule has 2 aliphatic rings. The van der Waals surface area contributed by atoms with Crippen LogP contribution in [0.25, 0.3) is 0 Å². The van der Waals surface area contributed by atoms with E-state index in [9.17, 15) is 4.79 Å². The third-order valence-electron chi connectivity index (χ3n) is 6.29. The standard InChI is InChI=1S/C21H31N5O3/c1-14-19(15(2)29-24-14)11-26-7-5-18-16(9-26)12-28-20(18)8-21(27)22-6-4-17-10-25(3)13-23-17/h10,13,16,18,20H,4-9,11-12H2,1-3H3,(H,22,27)/t16-,18-,20+/m1/s1. The second-order valence-electron chi connectivity index (χ2n) is 8.46. The largest absolute Gasteiger partial charge is 0.377 e. The third-order valence-corrected chi connectivity index (χ3v) is 6.29. The van der Waals surface area contributed by atoms with Crippen LogP contribution in [0.1, 0.15) is 35.6 Å². The van der Waals surface area contributed by atoms with Crippen molar-refractivity contribution in [1.29, 1.82) is 0 Å². The highest BCUT2D eigenvalue weighted by atomic mass is 16.5. The number of imidazole rings is 1. The monoisotopic (exact) mass is 401 g/mol. The summed E-state index contributed by atoms with van der Waals surface area (Å²) in [7, 11) is 1.95. The minimum atomic E-state index is 0.0380. The Hall–Kier alpha value is -2.19. The molecule has 2 aliphatic heterocycles. The molecule has 0 saturated carbocycles. The maximum Gasteiger partial charge on any atom is 0.222 e. The van der Waals surface area contributed by atoms with E-state index in [1.807, 2.05) is 31.7 Å². The number of likely N-dealkylation sites (tertiary alicyclic amines) is 1. The zero-order valence-corrected chi connectivity index (χ0v) is 17.6. The van der Waals surface area contributed by atoms with E-state index >= 15 is 0 Å². The zero-order valence-electron chi connectivity index (χ0n) is 17.6. The van der Waals surface area contributed by atoms with Crippen LogP contribution in [0.2, 0.25) is 0 Å². The van der Waals surface area contributed by atoms with Crippen LogP contribution >= 0.6 is 0 Å². The van der Waals surface area contributed by atoms with E-state index in [2.05, 4.69) is 20.4 Å². The van der Waals surface area contributed by atoms with Crippen molar-refractivity contribution in [3.05, 3.63) is 35.2 Å². The Morgan fingerprint density at radius 3 is 2.97 bits per heavy atom. The predicted molar refractivity (Wildman–Crippen MR) is 107 cm³/mol. The minimum absolute atomic E-state index is 0.0380. The van der Waals surface area contributed by atoms with Gasteiger partial charge in [0.05, 0.1) is 36.8 Å². The number of hydrogen-bond acceptors (Lipinski definition) is 6. The van der Waals surface area contributed by atoms with Crippen molar-refractivity contribution in [2.45, 2.75) is 45.8 Å². The lowest BCUT2D eigenvalue weighted by Gasteiger charge is -2.35. The molecule has 8 heteroatoms. The van der Waals surface area contributed by atoms with E-state index in [4.69, 9.17) is 9.26 Å². The van der Waals surface area contributed by atoms with Gasteiger partial charge in [-0.05, 0) is 32.7 Å². The Morgan fingerprint density at radius 2 is 2.24 bits per heavy atom. The second kappa shape index (κ2) is 8.67. The summed E-state index contributed by atoms with van der Waals surface area (Å²) in [5.41, 5.74) is 3.18. The SMILES string of the molecule is Cc1noc(C)c1CN1CC[C@@H]2[C@@H](CO[C@H]2CC(=O)NCCc2cn(C)cn2)C1. The number of carbonyl (C=O) groups excluding carboxylic acids is 1. The van der Waals surface area contributed by atoms with Gasteiger partial charge in [-0.15, -0.1) is 0 Å². The van der Waals surface area contributed by atoms with Gasteiger partial charge in [-0.1, -0.05) is 5.16 Å². The molecule has 29 heavy (non-hydrogen) atoms. The third kappa shape index (κ3) is 4.70. The van der Waals surface area contributed by atoms with Crippen LogP contribution in [0.4, 0.5) is 0 Å². The Balaban J connectivity index is 1.22. The number of carbonyl (C=O) groups is 1. The van der Waals surface area contributed by atoms with Crippen LogP contribution in [-0.2, 0) is 29.5 Å². The summed E-state index contributed by atoms with van der Waals surface area (Å²) < 4.78 is 13.2. The van der Waals surface area contributed by atoms with Crippen molar-refractivity contribution >= 4 is 5.91 Å². The highest BCUT2D eigenvalue weighted by Crippen LogP contribution is 2.36. The number of piperidine rings is 1. The molecule has 0 spiro atoms. The Morgan fingerprint density at radius 1 is 1.38 bits per heavy atom. The number of nitrogens with one attached hydrogen (secondary N) is 1. The van der Waals surface area contributed by atoms with Crippen molar-refractivity contribution in [2.24, 2.45) is 18.9 Å². The fourth-order valence-electron chi connectivity index (χ4n) is 4.65. The molecule has 4 rings (SSSR count). The van der Waals surface area contributed by atoms with Gasteiger partial charge < -0.3 is 19.1 Å². The first-order valence-electron chi connectivity index (χ1n) is 10.5. The van der Waals surface area contributed by atoms with E-state index in [-0.39, 0.29) is 12.0 Å². The molecule has 2 fully saturated rings. The van der Waals surface area contributed by atoms with Gasteiger partial charge >= 0.3 is 0 Å². The molecule has 4 heterocycles. The van der Waals surface area contributed by atoms with Crippen LogP contribution in [-0.4, -0.2) is 57.9 Å². The van der Waals surface area contributed by atoms with Gasteiger partial charge in [0, 0.05) is 50.8 Å². The number of amides is 1. The predicted octanol–water partition coefficient (Wildman–Crippen LogP) is 1.61. The van der Waals surface area contributed by atoms with E-state index in [0.717, 1.165) is 56.2 Å². The second-order valence-corrected chi connectivity index (χ2v) is 8.46. The van der Waals surface area contributed by atoms with Gasteiger partial charge in [0.25, 0.3) is 0 Å². The molecular formula is C21H31N5O3. The molecule has 2 aromatic heterocycles. The van der Waals surface area contributed by atoms with E-state index < -0.39 is 0 Å². The number of fused-ring (bicyclic) bond motifs is 1. The van der Waals surface area contributed by atoms with Crippen molar-refractivity contribution in [1.82, 2.24) is 24.9 Å². The zero-order chi connectivity index (χ0) is 20.4. The van der Waals surface area contributed by atoms with Crippen molar-refractivity contribution in [2.75, 3.05) is 26.2 Å². The van der Waals surface area contributed by atoms with Gasteiger partial charge in [0.2, 0.25) is 5.91 Å². The summed E-state index contributed by atoms with van der Waals surface area (Å²) in [4.78, 5) is 19.1. The van der Waals surface area contributed by atoms with Crippen LogP contribution < -0.4 is 5.32 Å². The molecule has 0 bridgehead atoms. The molecule has 2 saturated heterocycles. The van der Waals surface area contributed by atoms with Gasteiger partial charge in [-0.25, -0.2) is 4.98 Å². The maximum absolute atomic E-state index is 12.4. The molecule has 158 valence electrons. The molecule has 0 aromatic carbocycles. The lowest BCUT2D eigenvalue weighted by atomic mass is 9.83. The Labute approximate surface area is 171 Å². The van der Waals surface area contributed by atoms with Crippen LogP contribution in [0, 0.1) is 25.7 Å². The van der Waals surface area contributed by atoms with E-state index in [1.165, 1.54) is 5.56 Å². The summed E-state index contributed by atoms with van der Waals surface area (Å²) >= 11 is 0. The molecule has 3 atom stereocenters. The summed E-state index contributed by atoms with van der Waals surface area (Å²) in [6.07, 6.45) is 6.07. The van der Waals surface area contributed by atoms with Gasteiger partial charge in [-0.2, -0.15) is 0 Å². The lowest BCUT2D eigenvalue weighted by molar-refractivity contribution is -0.123. The highest BCUT2D eigenvalue weighted by Gasteiger charge is 2.41. The topological polar surface area (TPSA) is 85.4 Å². The summed E-state index contributed by atoms with van der Waals surface area (Å²) in [6.45, 7) is 8.24. The molecule has 1 amide bonds. The van der Waals surface area contributed by atoms with Crippen LogP contribution in [0.3, 0.4) is 0 Å². The molecule has 0 radical (unpaired) electrons. The Bertz CT molecular complexity index is 826. The number of aryl methyl sites for hydroxylation is 3. The number of hydrogen-bond donors (Lipinski definition) is 1. The summed E-state index contributed by atoms with van der Waals surface area (Å²) in [6, 6.07) is 0. The summed E-state index contributed by atoms with van der Waals surface area (Å²) in [5.74, 6) is 1.95. The Kier molecular flexibility index (Phi) is 6.01. The van der Waals surface area contributed by atoms with Gasteiger partial charge in [0.15, 0.2) is 0 Å². The van der Waals surface area contributed by atoms with Gasteiger partial charge in [-0.3, -0.25) is 9.69 Å². The summed E-state index contributed by atoms with van der Waals surface area (Å²) in [5, 5.41) is 7.08. The number of rotatable bonds is 7. The fraction of sp³-hybridized carbons (Fsp3) is 0.667. The van der Waals surface area contributed by atoms with Crippen LogP contribution in [0.15, 0.2) is 17.0 Å². The maximum atomic E-state index is 12.4. The van der Waals surface area contributed by atoms with E-state index in [0.29, 0.717) is 24.8 Å². The molecule has 8 nitrogen and oxygen atoms in total. The quantitative estimate of drug-likeness (QED) is 0.759. The number of aromatic nitrogens is 3. The van der Waals surface area contributed by atoms with Gasteiger partial charge in [0.1, 0.15) is 5.76 Å². The molecular weight excluding hydrogens is 370 g/mol. The molecule has 0 aliphatic carbocycles. The number of ether oxygens (including phenoxy) is 1. The first-order valence-corrected chi connectivity index (χ1v) is 10.5. The first-order chi connectivity index (χ1) is 14.0. The average Bonchev–Trinajstić information content (AvgIpc) is 3.37.